The Hall–Kier alpha value is -0.0400. The second-order valence-electron chi connectivity index (χ2n) is 8.41. The smallest absolute Gasteiger partial charge is 0.0471 e. The lowest BCUT2D eigenvalue weighted by molar-refractivity contribution is -0.0161. The fraction of sp³-hybridized carbons (Fsp3) is 1.00. The molecule has 0 aromatic carbocycles. The molecule has 1 fully saturated rings. The summed E-state index contributed by atoms with van der Waals surface area (Å²) in [5.74, 6) is 0. The molecule has 0 unspecified atom stereocenters. The van der Waals surface area contributed by atoms with Gasteiger partial charge in [-0.05, 0) is 48.3 Å². The molecular weight excluding hydrogens is 208 g/mol. The van der Waals surface area contributed by atoms with E-state index in [-0.39, 0.29) is 0 Å². The van der Waals surface area contributed by atoms with Gasteiger partial charge in [0.15, 0.2) is 0 Å². The molecule has 0 aromatic rings. The second kappa shape index (κ2) is 5.30. The molecule has 1 heteroatoms. The van der Waals surface area contributed by atoms with Gasteiger partial charge in [0.2, 0.25) is 0 Å². The molecule has 1 heterocycles. The van der Waals surface area contributed by atoms with E-state index >= 15 is 0 Å². The minimum atomic E-state index is 0.440. The fourth-order valence-electron chi connectivity index (χ4n) is 3.08. The highest BCUT2D eigenvalue weighted by atomic mass is 16.5. The highest BCUT2D eigenvalue weighted by molar-refractivity contribution is 4.87. The Morgan fingerprint density at radius 1 is 0.882 bits per heavy atom. The molecule has 0 radical (unpaired) electrons. The largest absolute Gasteiger partial charge is 0.381 e. The van der Waals surface area contributed by atoms with Crippen molar-refractivity contribution in [1.82, 2.24) is 0 Å². The van der Waals surface area contributed by atoms with Gasteiger partial charge in [-0.3, -0.25) is 0 Å². The van der Waals surface area contributed by atoms with Gasteiger partial charge >= 0.3 is 0 Å². The molecule has 1 aliphatic rings. The molecule has 0 N–H and O–H groups in total. The van der Waals surface area contributed by atoms with Gasteiger partial charge in [0.05, 0.1) is 0 Å². The predicted molar refractivity (Wildman–Crippen MR) is 75.2 cm³/mol. The first-order chi connectivity index (χ1) is 7.62. The Morgan fingerprint density at radius 3 is 1.82 bits per heavy atom. The van der Waals surface area contributed by atoms with Crippen molar-refractivity contribution in [3.63, 3.8) is 0 Å². The third kappa shape index (κ3) is 5.90. The monoisotopic (exact) mass is 240 g/mol. The lowest BCUT2D eigenvalue weighted by Gasteiger charge is -2.43. The molecule has 1 nitrogen and oxygen atoms in total. The van der Waals surface area contributed by atoms with Crippen LogP contribution in [0.1, 0.15) is 73.6 Å². The molecule has 0 bridgehead atoms. The lowest BCUT2D eigenvalue weighted by Crippen LogP contribution is -2.34. The van der Waals surface area contributed by atoms with Gasteiger partial charge in [-0.1, -0.05) is 41.5 Å². The summed E-state index contributed by atoms with van der Waals surface area (Å²) in [4.78, 5) is 0. The second-order valence-corrected chi connectivity index (χ2v) is 8.41. The van der Waals surface area contributed by atoms with Crippen molar-refractivity contribution in [3.8, 4) is 0 Å². The Labute approximate surface area is 108 Å². The highest BCUT2D eigenvalue weighted by Crippen LogP contribution is 2.46. The van der Waals surface area contributed by atoms with Crippen LogP contribution in [0.5, 0.6) is 0 Å². The number of hydrogen-bond acceptors (Lipinski definition) is 1. The maximum atomic E-state index is 5.57. The summed E-state index contributed by atoms with van der Waals surface area (Å²) in [6.07, 6.45) is 6.58. The number of hydrogen-bond donors (Lipinski definition) is 0. The topological polar surface area (TPSA) is 9.23 Å². The van der Waals surface area contributed by atoms with Crippen LogP contribution in [-0.4, -0.2) is 13.2 Å². The molecular formula is C16H32O. The zero-order valence-corrected chi connectivity index (χ0v) is 12.9. The van der Waals surface area contributed by atoms with E-state index in [9.17, 15) is 0 Å². The van der Waals surface area contributed by atoms with Crippen molar-refractivity contribution < 1.29 is 4.74 Å². The standard InChI is InChI=1S/C16H32O/c1-14(2,3)7-8-16(13-15(4,5)6)9-11-17-12-10-16/h7-13H2,1-6H3. The van der Waals surface area contributed by atoms with Crippen LogP contribution in [0.15, 0.2) is 0 Å². The summed E-state index contributed by atoms with van der Waals surface area (Å²) in [5.41, 5.74) is 1.45. The number of ether oxygens (including phenoxy) is 1. The number of rotatable bonds is 3. The average molecular weight is 240 g/mol. The van der Waals surface area contributed by atoms with E-state index in [0.717, 1.165) is 13.2 Å². The zero-order valence-electron chi connectivity index (χ0n) is 12.9. The van der Waals surface area contributed by atoms with Crippen LogP contribution in [0.25, 0.3) is 0 Å². The molecule has 0 saturated carbocycles. The molecule has 1 aliphatic heterocycles. The Balaban J connectivity index is 2.65. The summed E-state index contributed by atoms with van der Waals surface area (Å²) < 4.78 is 5.57. The van der Waals surface area contributed by atoms with E-state index in [1.54, 1.807) is 0 Å². The van der Waals surface area contributed by atoms with E-state index in [4.69, 9.17) is 4.74 Å². The van der Waals surface area contributed by atoms with Crippen LogP contribution in [0, 0.1) is 16.2 Å². The molecule has 0 spiro atoms. The van der Waals surface area contributed by atoms with Crippen LogP contribution >= 0.6 is 0 Å². The Kier molecular flexibility index (Phi) is 4.68. The van der Waals surface area contributed by atoms with Crippen molar-refractivity contribution >= 4 is 0 Å². The van der Waals surface area contributed by atoms with Crippen molar-refractivity contribution in [1.29, 1.82) is 0 Å². The average Bonchev–Trinajstić information content (AvgIpc) is 2.13. The highest BCUT2D eigenvalue weighted by Gasteiger charge is 2.36. The SMILES string of the molecule is CC(C)(C)CCC1(CC(C)(C)C)CCOCC1. The fourth-order valence-corrected chi connectivity index (χ4v) is 3.08. The van der Waals surface area contributed by atoms with Crippen LogP contribution in [0.3, 0.4) is 0 Å². The molecule has 1 saturated heterocycles. The van der Waals surface area contributed by atoms with Gasteiger partial charge in [-0.25, -0.2) is 0 Å². The molecule has 0 aromatic heterocycles. The summed E-state index contributed by atoms with van der Waals surface area (Å²) >= 11 is 0. The van der Waals surface area contributed by atoms with Crippen LogP contribution in [0.2, 0.25) is 0 Å². The van der Waals surface area contributed by atoms with Gasteiger partial charge in [0, 0.05) is 13.2 Å². The van der Waals surface area contributed by atoms with Gasteiger partial charge in [-0.15, -0.1) is 0 Å². The maximum absolute atomic E-state index is 5.57. The van der Waals surface area contributed by atoms with Crippen molar-refractivity contribution in [2.24, 2.45) is 16.2 Å². The molecule has 0 atom stereocenters. The van der Waals surface area contributed by atoms with Crippen molar-refractivity contribution in [2.45, 2.75) is 73.6 Å². The van der Waals surface area contributed by atoms with Crippen molar-refractivity contribution in [2.75, 3.05) is 13.2 Å². The molecule has 102 valence electrons. The summed E-state index contributed by atoms with van der Waals surface area (Å²) in [6, 6.07) is 0. The quantitative estimate of drug-likeness (QED) is 0.671. The van der Waals surface area contributed by atoms with E-state index in [0.29, 0.717) is 16.2 Å². The minimum Gasteiger partial charge on any atom is -0.381 e. The normalized spacial score (nSPS) is 21.5. The van der Waals surface area contributed by atoms with Gasteiger partial charge in [0.25, 0.3) is 0 Å². The first kappa shape index (κ1) is 15.0. The van der Waals surface area contributed by atoms with Gasteiger partial charge in [-0.2, -0.15) is 0 Å². The van der Waals surface area contributed by atoms with Gasteiger partial charge in [0.1, 0.15) is 0 Å². The summed E-state index contributed by atoms with van der Waals surface area (Å²) in [7, 11) is 0. The Bertz CT molecular complexity index is 223. The predicted octanol–water partition coefficient (Wildman–Crippen LogP) is 5.05. The van der Waals surface area contributed by atoms with Crippen LogP contribution < -0.4 is 0 Å². The summed E-state index contributed by atoms with van der Waals surface area (Å²) in [6.45, 7) is 16.1. The molecule has 1 rings (SSSR count). The molecule has 0 aliphatic carbocycles. The van der Waals surface area contributed by atoms with Gasteiger partial charge < -0.3 is 4.74 Å². The third-order valence-electron chi connectivity index (χ3n) is 3.86. The Morgan fingerprint density at radius 2 is 1.41 bits per heavy atom. The van der Waals surface area contributed by atoms with E-state index in [1.165, 1.54) is 32.1 Å². The first-order valence-corrected chi connectivity index (χ1v) is 7.20. The van der Waals surface area contributed by atoms with Crippen LogP contribution in [-0.2, 0) is 4.74 Å². The minimum absolute atomic E-state index is 0.440. The van der Waals surface area contributed by atoms with Crippen LogP contribution in [0.4, 0.5) is 0 Å². The zero-order chi connectivity index (χ0) is 13.2. The molecule has 0 amide bonds. The third-order valence-corrected chi connectivity index (χ3v) is 3.86. The maximum Gasteiger partial charge on any atom is 0.0471 e. The summed E-state index contributed by atoms with van der Waals surface area (Å²) in [5, 5.41) is 0. The van der Waals surface area contributed by atoms with E-state index < -0.39 is 0 Å². The lowest BCUT2D eigenvalue weighted by atomic mass is 9.65. The van der Waals surface area contributed by atoms with Crippen molar-refractivity contribution in [3.05, 3.63) is 0 Å². The molecule has 17 heavy (non-hydrogen) atoms. The first-order valence-electron chi connectivity index (χ1n) is 7.20. The van der Waals surface area contributed by atoms with E-state index in [2.05, 4.69) is 41.5 Å². The van der Waals surface area contributed by atoms with E-state index in [1.807, 2.05) is 0 Å².